The zero-order valence-electron chi connectivity index (χ0n) is 26.4. The first-order chi connectivity index (χ1) is 23.8. The van der Waals surface area contributed by atoms with Gasteiger partial charge in [-0.3, -0.25) is 0 Å². The molecule has 0 aliphatic carbocycles. The maximum atomic E-state index is 2.44. The topological polar surface area (TPSA) is 8.17 Å². The molecule has 0 aliphatic rings. The fourth-order valence-corrected chi connectivity index (χ4v) is 7.19. The molecular formula is C46H32N2. The smallest absolute Gasteiger partial charge is 0.0562 e. The third-order valence-electron chi connectivity index (χ3n) is 9.34. The Morgan fingerprint density at radius 2 is 0.938 bits per heavy atom. The standard InChI is InChI=1S/C46H32N2/c1-4-15-33(16-5-1)37-21-12-24-39(31-37)47(40-30-29-34-17-10-11-20-36(34)32-40)43-27-14-28-44-46(43)45-41(35-18-6-2-7-19-35)25-13-26-42(45)48(44)38-22-8-3-9-23-38/h1-32H. The van der Waals surface area contributed by atoms with Crippen molar-refractivity contribution in [3.8, 4) is 27.9 Å². The van der Waals surface area contributed by atoms with Crippen molar-refractivity contribution < 1.29 is 0 Å². The van der Waals surface area contributed by atoms with Gasteiger partial charge in [0.1, 0.15) is 0 Å². The Morgan fingerprint density at radius 3 is 1.71 bits per heavy atom. The summed E-state index contributed by atoms with van der Waals surface area (Å²) in [6.45, 7) is 0. The van der Waals surface area contributed by atoms with Crippen LogP contribution in [0.25, 0.3) is 60.5 Å². The summed E-state index contributed by atoms with van der Waals surface area (Å²) in [5.74, 6) is 0. The van der Waals surface area contributed by atoms with E-state index in [1.165, 1.54) is 54.8 Å². The van der Waals surface area contributed by atoms with E-state index in [0.29, 0.717) is 0 Å². The lowest BCUT2D eigenvalue weighted by Gasteiger charge is -2.27. The van der Waals surface area contributed by atoms with E-state index >= 15 is 0 Å². The van der Waals surface area contributed by atoms with E-state index < -0.39 is 0 Å². The molecule has 0 atom stereocenters. The number of fused-ring (bicyclic) bond motifs is 4. The quantitative estimate of drug-likeness (QED) is 0.181. The summed E-state index contributed by atoms with van der Waals surface area (Å²) in [6, 6.07) is 69.9. The van der Waals surface area contributed by atoms with Gasteiger partial charge < -0.3 is 9.47 Å². The van der Waals surface area contributed by atoms with Crippen molar-refractivity contribution in [3.63, 3.8) is 0 Å². The number of aromatic nitrogens is 1. The molecule has 0 saturated carbocycles. The molecule has 0 spiro atoms. The highest BCUT2D eigenvalue weighted by atomic mass is 15.1. The molecule has 2 heteroatoms. The van der Waals surface area contributed by atoms with E-state index in [-0.39, 0.29) is 0 Å². The van der Waals surface area contributed by atoms with E-state index in [0.717, 1.165) is 22.7 Å². The lowest BCUT2D eigenvalue weighted by Crippen LogP contribution is -2.10. The Balaban J connectivity index is 1.40. The third kappa shape index (κ3) is 4.74. The number of anilines is 3. The molecule has 0 amide bonds. The molecule has 1 heterocycles. The fourth-order valence-electron chi connectivity index (χ4n) is 7.19. The van der Waals surface area contributed by atoms with Crippen LogP contribution >= 0.6 is 0 Å². The highest BCUT2D eigenvalue weighted by molar-refractivity contribution is 6.21. The maximum absolute atomic E-state index is 2.44. The summed E-state index contributed by atoms with van der Waals surface area (Å²) in [4.78, 5) is 2.44. The van der Waals surface area contributed by atoms with Gasteiger partial charge in [0.2, 0.25) is 0 Å². The normalized spacial score (nSPS) is 11.3. The average Bonchev–Trinajstić information content (AvgIpc) is 3.51. The van der Waals surface area contributed by atoms with Crippen LogP contribution < -0.4 is 4.90 Å². The minimum atomic E-state index is 1.11. The van der Waals surface area contributed by atoms with Gasteiger partial charge in [-0.1, -0.05) is 140 Å². The first kappa shape index (κ1) is 27.9. The Kier molecular flexibility index (Phi) is 6.84. The van der Waals surface area contributed by atoms with Crippen molar-refractivity contribution in [1.29, 1.82) is 0 Å². The van der Waals surface area contributed by atoms with Crippen molar-refractivity contribution in [1.82, 2.24) is 4.57 Å². The van der Waals surface area contributed by atoms with Gasteiger partial charge in [0.05, 0.1) is 16.7 Å². The monoisotopic (exact) mass is 612 g/mol. The maximum Gasteiger partial charge on any atom is 0.0562 e. The molecule has 0 saturated heterocycles. The van der Waals surface area contributed by atoms with Crippen molar-refractivity contribution >= 4 is 49.6 Å². The van der Waals surface area contributed by atoms with E-state index in [4.69, 9.17) is 0 Å². The molecule has 0 radical (unpaired) electrons. The van der Waals surface area contributed by atoms with Gasteiger partial charge >= 0.3 is 0 Å². The Hall–Kier alpha value is -6.38. The number of nitrogens with zero attached hydrogens (tertiary/aromatic N) is 2. The summed E-state index contributed by atoms with van der Waals surface area (Å²) in [7, 11) is 0. The largest absolute Gasteiger partial charge is 0.310 e. The summed E-state index contributed by atoms with van der Waals surface area (Å²) in [6.07, 6.45) is 0. The molecule has 48 heavy (non-hydrogen) atoms. The van der Waals surface area contributed by atoms with Crippen molar-refractivity contribution in [2.24, 2.45) is 0 Å². The van der Waals surface area contributed by atoms with Crippen LogP contribution in [0, 0.1) is 0 Å². The van der Waals surface area contributed by atoms with E-state index in [9.17, 15) is 0 Å². The number of rotatable bonds is 6. The predicted molar refractivity (Wildman–Crippen MR) is 204 cm³/mol. The van der Waals surface area contributed by atoms with Crippen LogP contribution in [0.3, 0.4) is 0 Å². The second kappa shape index (κ2) is 11.8. The van der Waals surface area contributed by atoms with Gasteiger partial charge in [0.15, 0.2) is 0 Å². The minimum absolute atomic E-state index is 1.11. The molecule has 0 bridgehead atoms. The lowest BCUT2D eigenvalue weighted by molar-refractivity contribution is 1.18. The highest BCUT2D eigenvalue weighted by Gasteiger charge is 2.23. The van der Waals surface area contributed by atoms with Crippen LogP contribution in [0.4, 0.5) is 17.1 Å². The van der Waals surface area contributed by atoms with E-state index in [1.807, 2.05) is 0 Å². The Labute approximate surface area is 280 Å². The molecule has 8 aromatic carbocycles. The second-order valence-corrected chi connectivity index (χ2v) is 12.2. The fraction of sp³-hybridized carbons (Fsp3) is 0. The summed E-state index contributed by atoms with van der Waals surface area (Å²) in [5.41, 5.74) is 11.7. The summed E-state index contributed by atoms with van der Waals surface area (Å²) in [5, 5.41) is 4.89. The Bertz CT molecular complexity index is 2550. The predicted octanol–water partition coefficient (Wildman–Crippen LogP) is 12.7. The van der Waals surface area contributed by atoms with Crippen LogP contribution in [0.5, 0.6) is 0 Å². The number of benzene rings is 8. The van der Waals surface area contributed by atoms with Gasteiger partial charge in [0, 0.05) is 27.8 Å². The first-order valence-corrected chi connectivity index (χ1v) is 16.4. The van der Waals surface area contributed by atoms with Crippen molar-refractivity contribution in [3.05, 3.63) is 194 Å². The molecule has 1 aromatic heterocycles. The van der Waals surface area contributed by atoms with Crippen LogP contribution in [0.15, 0.2) is 194 Å². The highest BCUT2D eigenvalue weighted by Crippen LogP contribution is 2.47. The van der Waals surface area contributed by atoms with Crippen LogP contribution in [-0.2, 0) is 0 Å². The second-order valence-electron chi connectivity index (χ2n) is 12.2. The van der Waals surface area contributed by atoms with E-state index in [2.05, 4.69) is 204 Å². The molecule has 226 valence electrons. The SMILES string of the molecule is c1ccc(-c2cccc(N(c3ccc4ccccc4c3)c3cccc4c3c3c(-c5ccccc5)cccc3n4-c3ccccc3)c2)cc1. The number of hydrogen-bond acceptors (Lipinski definition) is 1. The average molecular weight is 613 g/mol. The number of hydrogen-bond donors (Lipinski definition) is 0. The van der Waals surface area contributed by atoms with Gasteiger partial charge in [-0.15, -0.1) is 0 Å². The minimum Gasteiger partial charge on any atom is -0.310 e. The molecular weight excluding hydrogens is 581 g/mol. The van der Waals surface area contributed by atoms with Crippen molar-refractivity contribution in [2.75, 3.05) is 4.90 Å². The molecule has 0 unspecified atom stereocenters. The molecule has 0 fully saturated rings. The van der Waals surface area contributed by atoms with Gasteiger partial charge in [0.25, 0.3) is 0 Å². The summed E-state index contributed by atoms with van der Waals surface area (Å²) >= 11 is 0. The molecule has 9 rings (SSSR count). The van der Waals surface area contributed by atoms with E-state index in [1.54, 1.807) is 0 Å². The molecule has 2 nitrogen and oxygen atoms in total. The lowest BCUT2D eigenvalue weighted by atomic mass is 9.98. The van der Waals surface area contributed by atoms with Gasteiger partial charge in [-0.05, 0) is 87.6 Å². The molecule has 0 aliphatic heterocycles. The zero-order valence-corrected chi connectivity index (χ0v) is 26.4. The zero-order chi connectivity index (χ0) is 31.9. The van der Waals surface area contributed by atoms with Gasteiger partial charge in [-0.2, -0.15) is 0 Å². The Morgan fingerprint density at radius 1 is 0.354 bits per heavy atom. The van der Waals surface area contributed by atoms with Crippen LogP contribution in [-0.4, -0.2) is 4.57 Å². The molecule has 9 aromatic rings. The number of para-hydroxylation sites is 1. The molecule has 0 N–H and O–H groups in total. The third-order valence-corrected chi connectivity index (χ3v) is 9.34. The first-order valence-electron chi connectivity index (χ1n) is 16.4. The summed E-state index contributed by atoms with van der Waals surface area (Å²) < 4.78 is 2.42. The van der Waals surface area contributed by atoms with Crippen LogP contribution in [0.1, 0.15) is 0 Å². The van der Waals surface area contributed by atoms with Gasteiger partial charge in [-0.25, -0.2) is 0 Å². The van der Waals surface area contributed by atoms with Crippen molar-refractivity contribution in [2.45, 2.75) is 0 Å². The van der Waals surface area contributed by atoms with Crippen LogP contribution in [0.2, 0.25) is 0 Å².